The van der Waals surface area contributed by atoms with Crippen LogP contribution in [-0.4, -0.2) is 62.0 Å². The molecule has 0 bridgehead atoms. The van der Waals surface area contributed by atoms with Crippen LogP contribution < -0.4 is 5.32 Å². The molecule has 2 fully saturated rings. The van der Waals surface area contributed by atoms with Crippen molar-refractivity contribution in [3.8, 4) is 0 Å². The summed E-state index contributed by atoms with van der Waals surface area (Å²) in [6, 6.07) is 0.357. The predicted octanol–water partition coefficient (Wildman–Crippen LogP) is 0.604. The van der Waals surface area contributed by atoms with Crippen LogP contribution in [0.5, 0.6) is 0 Å². The van der Waals surface area contributed by atoms with Crippen molar-refractivity contribution >= 4 is 5.96 Å². The maximum absolute atomic E-state index is 6.04. The van der Waals surface area contributed by atoms with Crippen LogP contribution in [0.25, 0.3) is 0 Å². The largest absolute Gasteiger partial charge is 0.375 e. The second-order valence-corrected chi connectivity index (χ2v) is 5.41. The lowest BCUT2D eigenvalue weighted by molar-refractivity contribution is -0.194. The number of aliphatic imine (C=N–C) groups is 1. The lowest BCUT2D eigenvalue weighted by Gasteiger charge is -2.53. The van der Waals surface area contributed by atoms with E-state index in [-0.39, 0.29) is 11.7 Å². The van der Waals surface area contributed by atoms with Crippen molar-refractivity contribution in [1.29, 1.82) is 0 Å². The van der Waals surface area contributed by atoms with Gasteiger partial charge in [-0.3, -0.25) is 4.99 Å². The van der Waals surface area contributed by atoms with Crippen LogP contribution in [0.2, 0.25) is 0 Å². The summed E-state index contributed by atoms with van der Waals surface area (Å²) in [5, 5.41) is 3.56. The number of nitrogens with zero attached hydrogens (tertiary/aromatic N) is 2. The summed E-state index contributed by atoms with van der Waals surface area (Å²) >= 11 is 0. The van der Waals surface area contributed by atoms with E-state index >= 15 is 0 Å². The van der Waals surface area contributed by atoms with Crippen molar-refractivity contribution in [2.75, 3.05) is 33.4 Å². The fourth-order valence-corrected chi connectivity index (χ4v) is 3.32. The topological polar surface area (TPSA) is 46.1 Å². The van der Waals surface area contributed by atoms with Crippen LogP contribution in [0.1, 0.15) is 26.2 Å². The van der Waals surface area contributed by atoms with Gasteiger partial charge in [-0.2, -0.15) is 0 Å². The first-order chi connectivity index (χ1) is 8.76. The second kappa shape index (κ2) is 4.70. The van der Waals surface area contributed by atoms with E-state index in [0.29, 0.717) is 6.04 Å². The third-order valence-electron chi connectivity index (χ3n) is 4.40. The molecular formula is C13H23N3O2. The van der Waals surface area contributed by atoms with Crippen LogP contribution in [0.15, 0.2) is 4.99 Å². The van der Waals surface area contributed by atoms with Gasteiger partial charge in [0.1, 0.15) is 5.60 Å². The van der Waals surface area contributed by atoms with Gasteiger partial charge in [0.05, 0.1) is 18.7 Å². The highest BCUT2D eigenvalue weighted by molar-refractivity contribution is 5.81. The van der Waals surface area contributed by atoms with Crippen LogP contribution in [0, 0.1) is 0 Å². The van der Waals surface area contributed by atoms with Gasteiger partial charge < -0.3 is 19.7 Å². The molecule has 3 aliphatic rings. The van der Waals surface area contributed by atoms with Crippen LogP contribution >= 0.6 is 0 Å². The molecule has 0 aromatic heterocycles. The average molecular weight is 253 g/mol. The molecule has 2 aliphatic heterocycles. The van der Waals surface area contributed by atoms with E-state index in [1.807, 2.05) is 0 Å². The fraction of sp³-hybridized carbons (Fsp3) is 0.923. The molecule has 1 saturated carbocycles. The van der Waals surface area contributed by atoms with E-state index in [1.54, 1.807) is 0 Å². The maximum atomic E-state index is 6.04. The summed E-state index contributed by atoms with van der Waals surface area (Å²) in [4.78, 5) is 6.68. The van der Waals surface area contributed by atoms with E-state index < -0.39 is 0 Å². The van der Waals surface area contributed by atoms with E-state index in [2.05, 4.69) is 29.2 Å². The zero-order valence-electron chi connectivity index (χ0n) is 11.3. The standard InChI is InChI=1S/C13H23N3O2/c1-3-17-11-9-10(13(11)5-4-8-18-13)15-12-14-6-7-16(12)2/h10-11H,3-9H2,1-2H3,(H,14,15). The van der Waals surface area contributed by atoms with E-state index in [4.69, 9.17) is 9.47 Å². The van der Waals surface area contributed by atoms with Gasteiger partial charge in [-0.05, 0) is 26.2 Å². The third-order valence-corrected chi connectivity index (χ3v) is 4.40. The molecule has 0 amide bonds. The van der Waals surface area contributed by atoms with Gasteiger partial charge in [-0.1, -0.05) is 0 Å². The molecule has 0 aromatic rings. The Morgan fingerprint density at radius 1 is 1.61 bits per heavy atom. The summed E-state index contributed by atoms with van der Waals surface area (Å²) in [6.07, 6.45) is 3.53. The molecule has 1 aliphatic carbocycles. The SMILES string of the molecule is CCOC1CC(NC2=NCCN2C)C12CCCO2. The van der Waals surface area contributed by atoms with Crippen molar-refractivity contribution in [3.63, 3.8) is 0 Å². The normalized spacial score (nSPS) is 39.0. The minimum atomic E-state index is -0.0953. The minimum Gasteiger partial charge on any atom is -0.375 e. The Hall–Kier alpha value is -0.810. The molecule has 0 aromatic carbocycles. The van der Waals surface area contributed by atoms with E-state index in [0.717, 1.165) is 51.5 Å². The van der Waals surface area contributed by atoms with Gasteiger partial charge in [-0.15, -0.1) is 0 Å². The van der Waals surface area contributed by atoms with E-state index in [9.17, 15) is 0 Å². The first-order valence-corrected chi connectivity index (χ1v) is 7.04. The van der Waals surface area contributed by atoms with Gasteiger partial charge in [0.2, 0.25) is 0 Å². The number of nitrogens with one attached hydrogen (secondary N) is 1. The Labute approximate surface area is 109 Å². The Balaban J connectivity index is 1.66. The average Bonchev–Trinajstić information content (AvgIpc) is 2.99. The van der Waals surface area contributed by atoms with Crippen LogP contribution in [0.4, 0.5) is 0 Å². The first-order valence-electron chi connectivity index (χ1n) is 7.04. The molecule has 1 N–H and O–H groups in total. The Bertz CT molecular complexity index is 339. The molecular weight excluding hydrogens is 230 g/mol. The highest BCUT2D eigenvalue weighted by Crippen LogP contribution is 2.45. The molecule has 2 heterocycles. The van der Waals surface area contributed by atoms with Crippen molar-refractivity contribution < 1.29 is 9.47 Å². The van der Waals surface area contributed by atoms with Gasteiger partial charge in [-0.25, -0.2) is 0 Å². The summed E-state index contributed by atoms with van der Waals surface area (Å²) in [5.41, 5.74) is -0.0953. The van der Waals surface area contributed by atoms with Crippen molar-refractivity contribution in [2.45, 2.75) is 43.9 Å². The quantitative estimate of drug-likeness (QED) is 0.800. The highest BCUT2D eigenvalue weighted by Gasteiger charge is 2.59. The van der Waals surface area contributed by atoms with Gasteiger partial charge in [0, 0.05) is 26.8 Å². The zero-order valence-corrected chi connectivity index (χ0v) is 11.3. The van der Waals surface area contributed by atoms with Crippen molar-refractivity contribution in [3.05, 3.63) is 0 Å². The van der Waals surface area contributed by atoms with Gasteiger partial charge in [0.25, 0.3) is 0 Å². The second-order valence-electron chi connectivity index (χ2n) is 5.41. The summed E-state index contributed by atoms with van der Waals surface area (Å²) in [6.45, 7) is 5.59. The van der Waals surface area contributed by atoms with E-state index in [1.165, 1.54) is 0 Å². The first kappa shape index (κ1) is 12.2. The third kappa shape index (κ3) is 1.80. The predicted molar refractivity (Wildman–Crippen MR) is 69.8 cm³/mol. The Morgan fingerprint density at radius 2 is 2.50 bits per heavy atom. The van der Waals surface area contributed by atoms with Gasteiger partial charge >= 0.3 is 0 Å². The molecule has 3 atom stereocenters. The van der Waals surface area contributed by atoms with Crippen LogP contribution in [-0.2, 0) is 9.47 Å². The molecule has 3 unspecified atom stereocenters. The maximum Gasteiger partial charge on any atom is 0.194 e. The molecule has 3 rings (SSSR count). The zero-order chi connectivity index (χ0) is 12.6. The lowest BCUT2D eigenvalue weighted by atomic mass is 9.70. The molecule has 0 radical (unpaired) electrons. The minimum absolute atomic E-state index is 0.0953. The molecule has 1 saturated heterocycles. The molecule has 18 heavy (non-hydrogen) atoms. The molecule has 5 nitrogen and oxygen atoms in total. The summed E-state index contributed by atoms with van der Waals surface area (Å²) < 4.78 is 11.9. The smallest absolute Gasteiger partial charge is 0.194 e. The monoisotopic (exact) mass is 253 g/mol. The molecule has 102 valence electrons. The summed E-state index contributed by atoms with van der Waals surface area (Å²) in [5.74, 6) is 1.02. The molecule has 5 heteroatoms. The van der Waals surface area contributed by atoms with Crippen molar-refractivity contribution in [1.82, 2.24) is 10.2 Å². The van der Waals surface area contributed by atoms with Crippen molar-refractivity contribution in [2.24, 2.45) is 4.99 Å². The Morgan fingerprint density at radius 3 is 3.11 bits per heavy atom. The number of hydrogen-bond acceptors (Lipinski definition) is 5. The molecule has 1 spiro atoms. The number of hydrogen-bond donors (Lipinski definition) is 1. The highest BCUT2D eigenvalue weighted by atomic mass is 16.6. The van der Waals surface area contributed by atoms with Crippen LogP contribution in [0.3, 0.4) is 0 Å². The number of guanidine groups is 1. The lowest BCUT2D eigenvalue weighted by Crippen LogP contribution is -2.70. The summed E-state index contributed by atoms with van der Waals surface area (Å²) in [7, 11) is 2.08. The fourth-order valence-electron chi connectivity index (χ4n) is 3.32. The number of ether oxygens (including phenoxy) is 2. The van der Waals surface area contributed by atoms with Gasteiger partial charge in [0.15, 0.2) is 5.96 Å². The number of likely N-dealkylation sites (N-methyl/N-ethyl adjacent to an activating group) is 1. The number of rotatable bonds is 3. The Kier molecular flexibility index (Phi) is 3.20.